The molecule has 1 N–H and O–H groups in total. The molecule has 0 bridgehead atoms. The Labute approximate surface area is 159 Å². The third-order valence-corrected chi connectivity index (χ3v) is 5.97. The summed E-state index contributed by atoms with van der Waals surface area (Å²) >= 11 is 0. The summed E-state index contributed by atoms with van der Waals surface area (Å²) in [5.74, 6) is 1.85. The highest BCUT2D eigenvalue weighted by Crippen LogP contribution is 2.36. The normalized spacial score (nSPS) is 22.0. The second-order valence-electron chi connectivity index (χ2n) is 7.82. The molecule has 2 saturated heterocycles. The average Bonchev–Trinajstić information content (AvgIpc) is 3.04. The maximum Gasteiger partial charge on any atom is 0.219 e. The highest BCUT2D eigenvalue weighted by atomic mass is 16.3. The molecule has 142 valence electrons. The summed E-state index contributed by atoms with van der Waals surface area (Å²) in [7, 11) is 0. The van der Waals surface area contributed by atoms with E-state index in [0.717, 1.165) is 55.0 Å². The molecule has 27 heavy (non-hydrogen) atoms. The lowest BCUT2D eigenvalue weighted by Crippen LogP contribution is -2.49. The van der Waals surface area contributed by atoms with Gasteiger partial charge in [0, 0.05) is 32.1 Å². The number of aromatic hydroxyl groups is 1. The summed E-state index contributed by atoms with van der Waals surface area (Å²) in [5.41, 5.74) is 3.42. The fraction of sp³-hybridized carbons (Fsp3) is 0.476. The van der Waals surface area contributed by atoms with E-state index >= 15 is 0 Å². The lowest BCUT2D eigenvalue weighted by Gasteiger charge is -2.38. The molecular weight excluding hydrogens is 340 g/mol. The average molecular weight is 366 g/mol. The van der Waals surface area contributed by atoms with E-state index in [-0.39, 0.29) is 11.7 Å². The lowest BCUT2D eigenvalue weighted by molar-refractivity contribution is -0.130. The number of piperidine rings is 1. The van der Waals surface area contributed by atoms with Gasteiger partial charge in [-0.2, -0.15) is 0 Å². The van der Waals surface area contributed by atoms with E-state index in [1.807, 2.05) is 36.9 Å². The van der Waals surface area contributed by atoms with Crippen molar-refractivity contribution in [1.29, 1.82) is 0 Å². The second-order valence-corrected chi connectivity index (χ2v) is 7.82. The zero-order valence-electron chi connectivity index (χ0n) is 16.1. The summed E-state index contributed by atoms with van der Waals surface area (Å²) in [5, 5.41) is 19.2. The molecular formula is C21H26N4O2. The number of phenolic OH excluding ortho intramolecular Hbond substituents is 1. The molecule has 0 saturated carbocycles. The maximum atomic E-state index is 11.8. The van der Waals surface area contributed by atoms with Crippen molar-refractivity contribution in [1.82, 2.24) is 15.1 Å². The van der Waals surface area contributed by atoms with E-state index in [0.29, 0.717) is 17.7 Å². The molecule has 3 heterocycles. The van der Waals surface area contributed by atoms with Crippen molar-refractivity contribution in [2.45, 2.75) is 39.7 Å². The number of anilines is 1. The number of hydrogen-bond donors (Lipinski definition) is 1. The Bertz CT molecular complexity index is 842. The SMILES string of the molecule is CC(=O)N1CC[C@H]2CCN(c3ccc(-c4c(C)cc(C)cc4O)nn3)[C@H]2C1. The van der Waals surface area contributed by atoms with E-state index in [4.69, 9.17) is 0 Å². The molecule has 0 unspecified atom stereocenters. The molecule has 0 radical (unpaired) electrons. The Balaban J connectivity index is 1.59. The van der Waals surface area contributed by atoms with Gasteiger partial charge in [-0.25, -0.2) is 0 Å². The van der Waals surface area contributed by atoms with Crippen LogP contribution >= 0.6 is 0 Å². The molecule has 2 fully saturated rings. The molecule has 0 spiro atoms. The second kappa shape index (κ2) is 6.83. The van der Waals surface area contributed by atoms with Gasteiger partial charge in [0.2, 0.25) is 5.91 Å². The van der Waals surface area contributed by atoms with Crippen LogP contribution in [0.3, 0.4) is 0 Å². The number of carbonyl (C=O) groups is 1. The van der Waals surface area contributed by atoms with Gasteiger partial charge in [-0.05, 0) is 61.9 Å². The number of aromatic nitrogens is 2. The third-order valence-electron chi connectivity index (χ3n) is 5.97. The molecule has 1 aromatic heterocycles. The van der Waals surface area contributed by atoms with Crippen molar-refractivity contribution >= 4 is 11.7 Å². The number of aryl methyl sites for hydroxylation is 2. The van der Waals surface area contributed by atoms with E-state index in [1.165, 1.54) is 0 Å². The van der Waals surface area contributed by atoms with Gasteiger partial charge in [0.1, 0.15) is 5.75 Å². The Morgan fingerprint density at radius 3 is 2.59 bits per heavy atom. The third kappa shape index (κ3) is 3.24. The van der Waals surface area contributed by atoms with Crippen LogP contribution in [-0.4, -0.2) is 51.8 Å². The van der Waals surface area contributed by atoms with Gasteiger partial charge in [-0.1, -0.05) is 6.07 Å². The predicted molar refractivity (Wildman–Crippen MR) is 105 cm³/mol. The Kier molecular flexibility index (Phi) is 4.50. The van der Waals surface area contributed by atoms with Crippen molar-refractivity contribution in [3.05, 3.63) is 35.4 Å². The van der Waals surface area contributed by atoms with Crippen LogP contribution in [0.2, 0.25) is 0 Å². The van der Waals surface area contributed by atoms with Crippen LogP contribution in [0.4, 0.5) is 5.82 Å². The highest BCUT2D eigenvalue weighted by Gasteiger charge is 2.39. The quantitative estimate of drug-likeness (QED) is 0.885. The summed E-state index contributed by atoms with van der Waals surface area (Å²) in [6.45, 7) is 8.15. The topological polar surface area (TPSA) is 69.6 Å². The molecule has 6 nitrogen and oxygen atoms in total. The summed E-state index contributed by atoms with van der Waals surface area (Å²) in [6.07, 6.45) is 2.19. The van der Waals surface area contributed by atoms with E-state index in [9.17, 15) is 9.90 Å². The zero-order chi connectivity index (χ0) is 19.1. The van der Waals surface area contributed by atoms with Gasteiger partial charge in [0.05, 0.1) is 11.7 Å². The predicted octanol–water partition coefficient (Wildman–Crippen LogP) is 2.91. The van der Waals surface area contributed by atoms with Gasteiger partial charge in [-0.15, -0.1) is 10.2 Å². The van der Waals surface area contributed by atoms with Crippen LogP contribution in [0.15, 0.2) is 24.3 Å². The number of likely N-dealkylation sites (tertiary alicyclic amines) is 1. The minimum absolute atomic E-state index is 0.145. The number of fused-ring (bicyclic) bond motifs is 1. The first-order valence-corrected chi connectivity index (χ1v) is 9.60. The van der Waals surface area contributed by atoms with Crippen molar-refractivity contribution in [2.75, 3.05) is 24.5 Å². The number of nitrogens with zero attached hydrogens (tertiary/aromatic N) is 4. The van der Waals surface area contributed by atoms with Crippen LogP contribution in [0, 0.1) is 19.8 Å². The van der Waals surface area contributed by atoms with Crippen LogP contribution in [0.1, 0.15) is 30.9 Å². The maximum absolute atomic E-state index is 11.8. The van der Waals surface area contributed by atoms with E-state index < -0.39 is 0 Å². The zero-order valence-corrected chi connectivity index (χ0v) is 16.1. The summed E-state index contributed by atoms with van der Waals surface area (Å²) in [4.78, 5) is 16.0. The molecule has 1 aromatic carbocycles. The first-order valence-electron chi connectivity index (χ1n) is 9.60. The molecule has 4 rings (SSSR count). The smallest absolute Gasteiger partial charge is 0.219 e. The number of benzene rings is 1. The number of amides is 1. The lowest BCUT2D eigenvalue weighted by atomic mass is 9.92. The first-order chi connectivity index (χ1) is 12.9. The van der Waals surface area contributed by atoms with Crippen molar-refractivity contribution in [3.63, 3.8) is 0 Å². The first kappa shape index (κ1) is 17.8. The molecule has 1 amide bonds. The minimum Gasteiger partial charge on any atom is -0.507 e. The summed E-state index contributed by atoms with van der Waals surface area (Å²) < 4.78 is 0. The number of carbonyl (C=O) groups excluding carboxylic acids is 1. The number of rotatable bonds is 2. The summed E-state index contributed by atoms with van der Waals surface area (Å²) in [6, 6.07) is 8.02. The number of hydrogen-bond acceptors (Lipinski definition) is 5. The van der Waals surface area contributed by atoms with E-state index in [1.54, 1.807) is 13.0 Å². The molecule has 2 atom stereocenters. The van der Waals surface area contributed by atoms with Crippen molar-refractivity contribution in [3.8, 4) is 17.0 Å². The molecule has 2 aromatic rings. The molecule has 0 aliphatic carbocycles. The van der Waals surface area contributed by atoms with Crippen molar-refractivity contribution < 1.29 is 9.90 Å². The Hall–Kier alpha value is -2.63. The van der Waals surface area contributed by atoms with Gasteiger partial charge in [-0.3, -0.25) is 4.79 Å². The monoisotopic (exact) mass is 366 g/mol. The molecule has 2 aliphatic heterocycles. The van der Waals surface area contributed by atoms with Gasteiger partial charge in [0.25, 0.3) is 0 Å². The minimum atomic E-state index is 0.145. The van der Waals surface area contributed by atoms with E-state index in [2.05, 4.69) is 15.1 Å². The Morgan fingerprint density at radius 1 is 1.15 bits per heavy atom. The highest BCUT2D eigenvalue weighted by molar-refractivity contribution is 5.73. The molecule has 2 aliphatic rings. The van der Waals surface area contributed by atoms with Gasteiger partial charge in [0.15, 0.2) is 5.82 Å². The standard InChI is InChI=1S/C21H26N4O2/c1-13-10-14(2)21(19(27)11-13)17-4-5-20(23-22-17)25-9-7-16-6-8-24(15(3)26)12-18(16)25/h4-5,10-11,16,18,27H,6-9,12H2,1-3H3/t16-,18-/m0/s1. The van der Waals surface area contributed by atoms with Gasteiger partial charge >= 0.3 is 0 Å². The Morgan fingerprint density at radius 2 is 1.93 bits per heavy atom. The van der Waals surface area contributed by atoms with Crippen molar-refractivity contribution in [2.24, 2.45) is 5.92 Å². The fourth-order valence-corrected chi connectivity index (χ4v) is 4.60. The number of phenols is 1. The molecule has 6 heteroatoms. The van der Waals surface area contributed by atoms with Crippen LogP contribution in [0.5, 0.6) is 5.75 Å². The van der Waals surface area contributed by atoms with Gasteiger partial charge < -0.3 is 14.9 Å². The van der Waals surface area contributed by atoms with Crippen LogP contribution in [0.25, 0.3) is 11.3 Å². The van der Waals surface area contributed by atoms with Crippen LogP contribution < -0.4 is 4.90 Å². The fourth-order valence-electron chi connectivity index (χ4n) is 4.60. The van der Waals surface area contributed by atoms with Crippen LogP contribution in [-0.2, 0) is 4.79 Å². The largest absolute Gasteiger partial charge is 0.507 e.